The smallest absolute Gasteiger partial charge is 0.306 e. The fraction of sp³-hybridized carbons (Fsp3) is 0.200. The lowest BCUT2D eigenvalue weighted by molar-refractivity contribution is -0.148. The summed E-state index contributed by atoms with van der Waals surface area (Å²) in [6.45, 7) is -0.0837. The number of ether oxygens (including phenoxy) is 1. The molecule has 27 heavy (non-hydrogen) atoms. The minimum absolute atomic E-state index is 0.206. The molecule has 0 saturated heterocycles. The summed E-state index contributed by atoms with van der Waals surface area (Å²) >= 11 is 11.9. The van der Waals surface area contributed by atoms with E-state index in [0.717, 1.165) is 22.0 Å². The Morgan fingerprint density at radius 1 is 1.07 bits per heavy atom. The first kappa shape index (κ1) is 19.3. The molecule has 0 radical (unpaired) electrons. The SMILES string of the molecule is O=C(COC(=O)CCc1c[nH]c2ccccc12)NCc1ccc(Cl)cc1Cl. The molecule has 0 atom stereocenters. The number of esters is 1. The fourth-order valence-corrected chi connectivity index (χ4v) is 3.18. The third-order valence-electron chi connectivity index (χ3n) is 4.13. The molecule has 140 valence electrons. The molecule has 2 aromatic carbocycles. The van der Waals surface area contributed by atoms with Crippen LogP contribution in [0.15, 0.2) is 48.7 Å². The third-order valence-corrected chi connectivity index (χ3v) is 4.72. The van der Waals surface area contributed by atoms with Gasteiger partial charge in [-0.1, -0.05) is 47.5 Å². The molecule has 0 aliphatic heterocycles. The maximum Gasteiger partial charge on any atom is 0.306 e. The van der Waals surface area contributed by atoms with Gasteiger partial charge in [-0.2, -0.15) is 0 Å². The number of hydrogen-bond donors (Lipinski definition) is 2. The number of para-hydroxylation sites is 1. The molecule has 1 heterocycles. The van der Waals surface area contributed by atoms with E-state index in [9.17, 15) is 9.59 Å². The minimum Gasteiger partial charge on any atom is -0.456 e. The molecule has 2 N–H and O–H groups in total. The summed E-state index contributed by atoms with van der Waals surface area (Å²) in [5.74, 6) is -0.804. The first-order valence-electron chi connectivity index (χ1n) is 8.44. The van der Waals surface area contributed by atoms with E-state index in [1.165, 1.54) is 0 Å². The fourth-order valence-electron chi connectivity index (χ4n) is 2.70. The summed E-state index contributed by atoms with van der Waals surface area (Å²) < 4.78 is 5.04. The van der Waals surface area contributed by atoms with Crippen LogP contribution < -0.4 is 5.32 Å². The lowest BCUT2D eigenvalue weighted by Gasteiger charge is -2.08. The largest absolute Gasteiger partial charge is 0.456 e. The van der Waals surface area contributed by atoms with Crippen LogP contribution in [0.5, 0.6) is 0 Å². The van der Waals surface area contributed by atoms with E-state index in [0.29, 0.717) is 16.5 Å². The highest BCUT2D eigenvalue weighted by Crippen LogP contribution is 2.21. The zero-order chi connectivity index (χ0) is 19.2. The first-order chi connectivity index (χ1) is 13.0. The Balaban J connectivity index is 1.41. The number of benzene rings is 2. The van der Waals surface area contributed by atoms with Crippen molar-refractivity contribution in [1.82, 2.24) is 10.3 Å². The van der Waals surface area contributed by atoms with E-state index in [2.05, 4.69) is 10.3 Å². The van der Waals surface area contributed by atoms with Gasteiger partial charge in [-0.25, -0.2) is 0 Å². The van der Waals surface area contributed by atoms with Crippen molar-refractivity contribution < 1.29 is 14.3 Å². The average Bonchev–Trinajstić information content (AvgIpc) is 3.07. The number of aromatic nitrogens is 1. The van der Waals surface area contributed by atoms with E-state index in [4.69, 9.17) is 27.9 Å². The molecule has 7 heteroatoms. The van der Waals surface area contributed by atoms with Crippen molar-refractivity contribution >= 4 is 46.0 Å². The molecule has 0 fully saturated rings. The predicted octanol–water partition coefficient (Wildman–Crippen LogP) is 4.27. The first-order valence-corrected chi connectivity index (χ1v) is 9.20. The summed E-state index contributed by atoms with van der Waals surface area (Å²) in [7, 11) is 0. The van der Waals surface area contributed by atoms with Gasteiger partial charge in [-0.3, -0.25) is 9.59 Å². The summed E-state index contributed by atoms with van der Waals surface area (Å²) in [6.07, 6.45) is 2.64. The average molecular weight is 405 g/mol. The monoisotopic (exact) mass is 404 g/mol. The number of hydrogen-bond acceptors (Lipinski definition) is 3. The zero-order valence-corrected chi connectivity index (χ0v) is 15.9. The van der Waals surface area contributed by atoms with Crippen LogP contribution in [-0.2, 0) is 27.3 Å². The lowest BCUT2D eigenvalue weighted by atomic mass is 10.1. The van der Waals surface area contributed by atoms with Crippen molar-refractivity contribution in [3.8, 4) is 0 Å². The van der Waals surface area contributed by atoms with Crippen molar-refractivity contribution in [3.63, 3.8) is 0 Å². The number of aromatic amines is 1. The molecule has 1 amide bonds. The predicted molar refractivity (Wildman–Crippen MR) is 106 cm³/mol. The molecule has 0 aliphatic carbocycles. The highest BCUT2D eigenvalue weighted by molar-refractivity contribution is 6.35. The van der Waals surface area contributed by atoms with E-state index in [1.807, 2.05) is 30.5 Å². The van der Waals surface area contributed by atoms with Crippen molar-refractivity contribution in [2.24, 2.45) is 0 Å². The molecular formula is C20H18Cl2N2O3. The number of fused-ring (bicyclic) bond motifs is 1. The van der Waals surface area contributed by atoms with Gasteiger partial charge < -0.3 is 15.0 Å². The number of amides is 1. The Labute approximate surface area is 166 Å². The van der Waals surface area contributed by atoms with E-state index >= 15 is 0 Å². The van der Waals surface area contributed by atoms with Crippen molar-refractivity contribution in [1.29, 1.82) is 0 Å². The van der Waals surface area contributed by atoms with Gasteiger partial charge in [-0.15, -0.1) is 0 Å². The van der Waals surface area contributed by atoms with Crippen molar-refractivity contribution in [2.75, 3.05) is 6.61 Å². The Bertz CT molecular complexity index is 969. The van der Waals surface area contributed by atoms with Crippen LogP contribution in [0.4, 0.5) is 0 Å². The second-order valence-corrected chi connectivity index (χ2v) is 6.88. The van der Waals surface area contributed by atoms with Crippen LogP contribution >= 0.6 is 23.2 Å². The van der Waals surface area contributed by atoms with Gasteiger partial charge in [-0.05, 0) is 35.7 Å². The Morgan fingerprint density at radius 3 is 2.70 bits per heavy atom. The number of carbonyl (C=O) groups excluding carboxylic acids is 2. The molecule has 3 rings (SSSR count). The van der Waals surface area contributed by atoms with E-state index in [-0.39, 0.29) is 25.5 Å². The minimum atomic E-state index is -0.417. The van der Waals surface area contributed by atoms with Gasteiger partial charge >= 0.3 is 5.97 Å². The van der Waals surface area contributed by atoms with Gasteiger partial charge in [0.1, 0.15) is 0 Å². The molecular weight excluding hydrogens is 387 g/mol. The quantitative estimate of drug-likeness (QED) is 0.577. The Kier molecular flexibility index (Phi) is 6.37. The van der Waals surface area contributed by atoms with Gasteiger partial charge in [0.2, 0.25) is 0 Å². The molecule has 0 unspecified atom stereocenters. The second kappa shape index (κ2) is 8.93. The van der Waals surface area contributed by atoms with Gasteiger partial charge in [0.05, 0.1) is 0 Å². The van der Waals surface area contributed by atoms with Gasteiger partial charge in [0.15, 0.2) is 6.61 Å². The Hall–Kier alpha value is -2.50. The normalized spacial score (nSPS) is 10.7. The summed E-state index contributed by atoms with van der Waals surface area (Å²) in [4.78, 5) is 26.9. The summed E-state index contributed by atoms with van der Waals surface area (Å²) in [5.41, 5.74) is 2.81. The summed E-state index contributed by atoms with van der Waals surface area (Å²) in [5, 5.41) is 4.74. The standard InChI is InChI=1S/C20H18Cl2N2O3/c21-15-7-5-14(17(22)9-15)11-24-19(25)12-27-20(26)8-6-13-10-23-18-4-2-1-3-16(13)18/h1-5,7,9-10,23H,6,8,11-12H2,(H,24,25). The molecule has 0 aliphatic rings. The van der Waals surface area contributed by atoms with Crippen molar-refractivity contribution in [2.45, 2.75) is 19.4 Å². The molecule has 1 aromatic heterocycles. The van der Waals surface area contributed by atoms with Crippen LogP contribution in [-0.4, -0.2) is 23.5 Å². The molecule has 0 saturated carbocycles. The number of aryl methyl sites for hydroxylation is 1. The number of nitrogens with one attached hydrogen (secondary N) is 2. The Morgan fingerprint density at radius 2 is 1.89 bits per heavy atom. The number of halogens is 2. The van der Waals surface area contributed by atoms with E-state index in [1.54, 1.807) is 18.2 Å². The molecule has 0 spiro atoms. The molecule has 3 aromatic rings. The maximum atomic E-state index is 11.9. The van der Waals surface area contributed by atoms with Crippen LogP contribution in [0.2, 0.25) is 10.0 Å². The van der Waals surface area contributed by atoms with Gasteiger partial charge in [0, 0.05) is 40.1 Å². The number of rotatable bonds is 7. The summed E-state index contributed by atoms with van der Waals surface area (Å²) in [6, 6.07) is 12.9. The van der Waals surface area contributed by atoms with E-state index < -0.39 is 5.97 Å². The zero-order valence-electron chi connectivity index (χ0n) is 14.4. The highest BCUT2D eigenvalue weighted by Gasteiger charge is 2.10. The molecule has 0 bridgehead atoms. The molecule has 5 nitrogen and oxygen atoms in total. The van der Waals surface area contributed by atoms with Crippen LogP contribution in [0.1, 0.15) is 17.5 Å². The lowest BCUT2D eigenvalue weighted by Crippen LogP contribution is -2.28. The topological polar surface area (TPSA) is 71.2 Å². The van der Waals surface area contributed by atoms with Gasteiger partial charge in [0.25, 0.3) is 5.91 Å². The van der Waals surface area contributed by atoms with Crippen LogP contribution in [0.25, 0.3) is 10.9 Å². The van der Waals surface area contributed by atoms with Crippen LogP contribution in [0.3, 0.4) is 0 Å². The van der Waals surface area contributed by atoms with Crippen LogP contribution in [0, 0.1) is 0 Å². The highest BCUT2D eigenvalue weighted by atomic mass is 35.5. The number of carbonyl (C=O) groups is 2. The number of H-pyrrole nitrogens is 1. The maximum absolute atomic E-state index is 11.9. The third kappa shape index (κ3) is 5.25. The second-order valence-electron chi connectivity index (χ2n) is 6.03. The van der Waals surface area contributed by atoms with Crippen molar-refractivity contribution in [3.05, 3.63) is 69.8 Å².